The van der Waals surface area contributed by atoms with Gasteiger partial charge >= 0.3 is 0 Å². The quantitative estimate of drug-likeness (QED) is 0.357. The van der Waals surface area contributed by atoms with Crippen molar-refractivity contribution < 1.29 is 19.0 Å². The van der Waals surface area contributed by atoms with Crippen LogP contribution in [0.5, 0.6) is 5.75 Å². The van der Waals surface area contributed by atoms with Crippen LogP contribution in [0.4, 0.5) is 4.39 Å². The molecule has 2 fully saturated rings. The number of aliphatic hydroxyl groups is 1. The summed E-state index contributed by atoms with van der Waals surface area (Å²) in [5, 5.41) is 11.6. The number of halogens is 1. The van der Waals surface area contributed by atoms with E-state index in [2.05, 4.69) is 26.8 Å². The Morgan fingerprint density at radius 1 is 0.974 bits per heavy atom. The van der Waals surface area contributed by atoms with E-state index in [1.807, 2.05) is 24.3 Å². The van der Waals surface area contributed by atoms with Gasteiger partial charge in [-0.1, -0.05) is 70.0 Å². The molecule has 0 radical (unpaired) electrons. The Bertz CT molecular complexity index is 1350. The third kappa shape index (κ3) is 4.37. The molecule has 38 heavy (non-hydrogen) atoms. The van der Waals surface area contributed by atoms with Crippen LogP contribution in [0.25, 0.3) is 11.1 Å². The van der Waals surface area contributed by atoms with Gasteiger partial charge in [0.15, 0.2) is 5.78 Å². The van der Waals surface area contributed by atoms with Gasteiger partial charge in [-0.25, -0.2) is 4.39 Å². The second-order valence-corrected chi connectivity index (χ2v) is 12.6. The molecule has 4 heteroatoms. The van der Waals surface area contributed by atoms with Gasteiger partial charge in [-0.2, -0.15) is 0 Å². The molecule has 0 amide bonds. The van der Waals surface area contributed by atoms with Crippen molar-refractivity contribution in [2.24, 2.45) is 0 Å². The lowest BCUT2D eigenvalue weighted by atomic mass is 9.71. The molecule has 2 aliphatic carbocycles. The van der Waals surface area contributed by atoms with Gasteiger partial charge < -0.3 is 9.84 Å². The zero-order valence-corrected chi connectivity index (χ0v) is 22.6. The Balaban J connectivity index is 1.59. The van der Waals surface area contributed by atoms with E-state index >= 15 is 0 Å². The molecule has 0 bridgehead atoms. The first-order chi connectivity index (χ1) is 18.2. The molecule has 3 aliphatic rings. The molecule has 1 N–H and O–H groups in total. The SMILES string of the molecule is CC(C)(C)c1ccc(C(=O)c2c(C3CCCC3)cc3c(c2-c2ccc(F)cc2)[C@@H](O)CC2(CCC2)O3)cc1. The Hall–Kier alpha value is -2.98. The highest BCUT2D eigenvalue weighted by molar-refractivity contribution is 6.14. The highest BCUT2D eigenvalue weighted by Gasteiger charge is 2.47. The van der Waals surface area contributed by atoms with Crippen molar-refractivity contribution in [3.63, 3.8) is 0 Å². The third-order valence-corrected chi connectivity index (χ3v) is 9.02. The minimum atomic E-state index is -0.744. The number of ether oxygens (including phenoxy) is 1. The molecular formula is C34H37FO3. The van der Waals surface area contributed by atoms with E-state index in [0.29, 0.717) is 34.4 Å². The number of carbonyl (C=O) groups excluding carboxylic acids is 1. The zero-order chi connectivity index (χ0) is 26.7. The molecule has 6 rings (SSSR count). The summed E-state index contributed by atoms with van der Waals surface area (Å²) in [6, 6.07) is 16.3. The minimum Gasteiger partial charge on any atom is -0.487 e. The van der Waals surface area contributed by atoms with Gasteiger partial charge in [-0.05, 0) is 78.3 Å². The summed E-state index contributed by atoms with van der Waals surface area (Å²) < 4.78 is 20.7. The third-order valence-electron chi connectivity index (χ3n) is 9.02. The number of rotatable bonds is 4. The minimum absolute atomic E-state index is 0.0133. The van der Waals surface area contributed by atoms with Crippen molar-refractivity contribution in [3.05, 3.63) is 88.2 Å². The van der Waals surface area contributed by atoms with E-state index in [9.17, 15) is 14.3 Å². The number of hydrogen-bond acceptors (Lipinski definition) is 3. The second-order valence-electron chi connectivity index (χ2n) is 12.6. The molecule has 1 heterocycles. The van der Waals surface area contributed by atoms with Crippen molar-refractivity contribution in [1.82, 2.24) is 0 Å². The van der Waals surface area contributed by atoms with Crippen LogP contribution in [0.2, 0.25) is 0 Å². The normalized spacial score (nSPS) is 20.6. The lowest BCUT2D eigenvalue weighted by Gasteiger charge is -2.47. The first kappa shape index (κ1) is 25.3. The molecule has 198 valence electrons. The zero-order valence-electron chi connectivity index (χ0n) is 22.6. The van der Waals surface area contributed by atoms with Crippen LogP contribution < -0.4 is 4.74 Å². The fourth-order valence-electron chi connectivity index (χ4n) is 6.70. The number of carbonyl (C=O) groups is 1. The van der Waals surface area contributed by atoms with Gasteiger partial charge in [0.1, 0.15) is 17.2 Å². The van der Waals surface area contributed by atoms with E-state index in [-0.39, 0.29) is 28.5 Å². The summed E-state index contributed by atoms with van der Waals surface area (Å²) in [4.78, 5) is 14.4. The van der Waals surface area contributed by atoms with Crippen molar-refractivity contribution in [1.29, 1.82) is 0 Å². The van der Waals surface area contributed by atoms with Crippen LogP contribution in [0.3, 0.4) is 0 Å². The van der Waals surface area contributed by atoms with Gasteiger partial charge in [0.2, 0.25) is 0 Å². The topological polar surface area (TPSA) is 46.5 Å². The van der Waals surface area contributed by atoms with E-state index in [1.54, 1.807) is 12.1 Å². The Morgan fingerprint density at radius 2 is 1.63 bits per heavy atom. The molecule has 3 nitrogen and oxygen atoms in total. The predicted octanol–water partition coefficient (Wildman–Crippen LogP) is 8.42. The maximum Gasteiger partial charge on any atom is 0.193 e. The first-order valence-corrected chi connectivity index (χ1v) is 14.1. The van der Waals surface area contributed by atoms with Crippen molar-refractivity contribution >= 4 is 5.78 Å². The average molecular weight is 513 g/mol. The molecule has 2 saturated carbocycles. The summed E-state index contributed by atoms with van der Waals surface area (Å²) in [5.74, 6) is 0.577. The van der Waals surface area contributed by atoms with E-state index in [4.69, 9.17) is 4.74 Å². The van der Waals surface area contributed by atoms with Crippen LogP contribution in [-0.4, -0.2) is 16.5 Å². The smallest absolute Gasteiger partial charge is 0.193 e. The molecule has 3 aromatic rings. The van der Waals surface area contributed by atoms with Crippen molar-refractivity contribution in [2.75, 3.05) is 0 Å². The number of hydrogen-bond donors (Lipinski definition) is 1. The van der Waals surface area contributed by atoms with Crippen LogP contribution >= 0.6 is 0 Å². The number of aliphatic hydroxyl groups excluding tert-OH is 1. The fourth-order valence-corrected chi connectivity index (χ4v) is 6.70. The molecule has 0 saturated heterocycles. The molecule has 0 unspecified atom stereocenters. The van der Waals surface area contributed by atoms with Gasteiger partial charge in [-0.15, -0.1) is 0 Å². The maximum atomic E-state index is 14.4. The van der Waals surface area contributed by atoms with Gasteiger partial charge in [-0.3, -0.25) is 4.79 Å². The molecule has 1 aliphatic heterocycles. The van der Waals surface area contributed by atoms with Gasteiger partial charge in [0.25, 0.3) is 0 Å². The van der Waals surface area contributed by atoms with E-state index in [0.717, 1.165) is 56.1 Å². The van der Waals surface area contributed by atoms with E-state index < -0.39 is 6.10 Å². The Morgan fingerprint density at radius 3 is 2.21 bits per heavy atom. The molecule has 1 spiro atoms. The van der Waals surface area contributed by atoms with Gasteiger partial charge in [0, 0.05) is 28.7 Å². The monoisotopic (exact) mass is 512 g/mol. The first-order valence-electron chi connectivity index (χ1n) is 14.1. The number of benzene rings is 3. The summed E-state index contributed by atoms with van der Waals surface area (Å²) in [5.41, 5.74) is 5.23. The molecular weight excluding hydrogens is 475 g/mol. The highest BCUT2D eigenvalue weighted by Crippen LogP contribution is 2.54. The molecule has 1 atom stereocenters. The number of fused-ring (bicyclic) bond motifs is 1. The number of ketones is 1. The second kappa shape index (κ2) is 9.34. The summed E-state index contributed by atoms with van der Waals surface area (Å²) in [6.07, 6.45) is 7.07. The van der Waals surface area contributed by atoms with Crippen LogP contribution in [0.15, 0.2) is 54.6 Å². The van der Waals surface area contributed by atoms with Crippen molar-refractivity contribution in [3.8, 4) is 16.9 Å². The molecule has 0 aromatic heterocycles. The summed E-state index contributed by atoms with van der Waals surface area (Å²) in [6.45, 7) is 6.48. The summed E-state index contributed by atoms with van der Waals surface area (Å²) >= 11 is 0. The maximum absolute atomic E-state index is 14.4. The van der Waals surface area contributed by atoms with Crippen LogP contribution in [-0.2, 0) is 5.41 Å². The average Bonchev–Trinajstić information content (AvgIpc) is 3.41. The largest absolute Gasteiger partial charge is 0.487 e. The lowest BCUT2D eigenvalue weighted by molar-refractivity contribution is -0.0661. The highest BCUT2D eigenvalue weighted by atomic mass is 19.1. The van der Waals surface area contributed by atoms with Crippen LogP contribution in [0.1, 0.15) is 117 Å². The Labute approximate surface area is 225 Å². The Kier molecular flexibility index (Phi) is 6.22. The van der Waals surface area contributed by atoms with Gasteiger partial charge in [0.05, 0.1) is 6.10 Å². The van der Waals surface area contributed by atoms with E-state index in [1.165, 1.54) is 17.7 Å². The summed E-state index contributed by atoms with van der Waals surface area (Å²) in [7, 11) is 0. The van der Waals surface area contributed by atoms with Crippen molar-refractivity contribution in [2.45, 2.75) is 95.2 Å². The predicted molar refractivity (Wildman–Crippen MR) is 148 cm³/mol. The standard InChI is InChI=1S/C34H37FO3/c1-33(2,3)24-13-9-23(10-14-24)32(37)30-26(21-7-4-5-8-21)19-28-31(27(36)20-34(38-28)17-6-18-34)29(30)22-11-15-25(35)16-12-22/h9-16,19,21,27,36H,4-8,17-18,20H2,1-3H3/t27-/m0/s1. The van der Waals surface area contributed by atoms with Crippen LogP contribution in [0, 0.1) is 5.82 Å². The fraction of sp³-hybridized carbons (Fsp3) is 0.441. The lowest BCUT2D eigenvalue weighted by Crippen LogP contribution is -2.47. The molecule has 3 aromatic carbocycles.